The lowest BCUT2D eigenvalue weighted by molar-refractivity contribution is -0.384. The highest BCUT2D eigenvalue weighted by Crippen LogP contribution is 2.29. The topological polar surface area (TPSA) is 114 Å². The quantitative estimate of drug-likeness (QED) is 0.406. The summed E-state index contributed by atoms with van der Waals surface area (Å²) in [7, 11) is 1.41. The Morgan fingerprint density at radius 3 is 2.62 bits per heavy atom. The molecular weight excluding hydrogens is 443 g/mol. The zero-order valence-electron chi connectivity index (χ0n) is 19.1. The van der Waals surface area contributed by atoms with Crippen molar-refractivity contribution in [2.75, 3.05) is 38.6 Å². The lowest BCUT2D eigenvalue weighted by Crippen LogP contribution is -2.41. The number of halogens is 1. The molecule has 1 saturated heterocycles. The van der Waals surface area contributed by atoms with E-state index in [2.05, 4.69) is 15.5 Å². The predicted molar refractivity (Wildman–Crippen MR) is 125 cm³/mol. The number of ether oxygens (including phenoxy) is 1. The number of hydrogen-bond donors (Lipinski definition) is 2. The molecule has 1 aliphatic rings. The third kappa shape index (κ3) is 6.98. The molecular formula is C24H29FN4O5. The lowest BCUT2D eigenvalue weighted by atomic mass is 9.95. The number of nitrogens with one attached hydrogen (secondary N) is 2. The molecule has 0 aliphatic carbocycles. The summed E-state index contributed by atoms with van der Waals surface area (Å²) in [6.45, 7) is 2.25. The fraction of sp³-hybridized carbons (Fsp3) is 0.417. The molecule has 1 fully saturated rings. The van der Waals surface area contributed by atoms with E-state index in [1.807, 2.05) is 0 Å². The van der Waals surface area contributed by atoms with Crippen LogP contribution in [0.2, 0.25) is 0 Å². The smallest absolute Gasteiger partial charge is 0.296 e. The zero-order chi connectivity index (χ0) is 24.5. The Bertz CT molecular complexity index is 1020. The Hall–Kier alpha value is -3.53. The van der Waals surface area contributed by atoms with E-state index in [1.54, 1.807) is 24.3 Å². The summed E-state index contributed by atoms with van der Waals surface area (Å²) >= 11 is 0. The molecule has 2 N–H and O–H groups in total. The van der Waals surface area contributed by atoms with E-state index in [-0.39, 0.29) is 41.3 Å². The van der Waals surface area contributed by atoms with Crippen LogP contribution in [0.3, 0.4) is 0 Å². The van der Waals surface area contributed by atoms with E-state index in [9.17, 15) is 24.1 Å². The number of piperidine rings is 1. The van der Waals surface area contributed by atoms with Crippen LogP contribution in [0.1, 0.15) is 24.8 Å². The van der Waals surface area contributed by atoms with Crippen LogP contribution < -0.4 is 15.4 Å². The zero-order valence-corrected chi connectivity index (χ0v) is 19.1. The number of methoxy groups -OCH3 is 1. The number of nitro benzene ring substituents is 1. The molecule has 0 radical (unpaired) electrons. The average Bonchev–Trinajstić information content (AvgIpc) is 2.84. The second kappa shape index (κ2) is 12.1. The maximum atomic E-state index is 13.7. The SMILES string of the molecule is COc1ccc(NC(=O)CCN2CCC(C(=O)NCCc3ccccc3F)CC2)c([N+](=O)[O-])c1. The van der Waals surface area contributed by atoms with Gasteiger partial charge in [0.05, 0.1) is 18.1 Å². The highest BCUT2D eigenvalue weighted by atomic mass is 19.1. The van der Waals surface area contributed by atoms with E-state index >= 15 is 0 Å². The van der Waals surface area contributed by atoms with E-state index in [0.29, 0.717) is 56.8 Å². The van der Waals surface area contributed by atoms with Crippen molar-refractivity contribution < 1.29 is 23.6 Å². The fourth-order valence-corrected chi connectivity index (χ4v) is 3.95. The highest BCUT2D eigenvalue weighted by molar-refractivity contribution is 5.93. The maximum absolute atomic E-state index is 13.7. The van der Waals surface area contributed by atoms with Gasteiger partial charge in [0.1, 0.15) is 17.3 Å². The number of amides is 2. The highest BCUT2D eigenvalue weighted by Gasteiger charge is 2.25. The van der Waals surface area contributed by atoms with Crippen molar-refractivity contribution in [3.8, 4) is 5.75 Å². The van der Waals surface area contributed by atoms with Crippen LogP contribution in [0.15, 0.2) is 42.5 Å². The molecule has 1 heterocycles. The Labute approximate surface area is 197 Å². The second-order valence-corrected chi connectivity index (χ2v) is 8.19. The van der Waals surface area contributed by atoms with Crippen LogP contribution in [0.5, 0.6) is 5.75 Å². The average molecular weight is 473 g/mol. The van der Waals surface area contributed by atoms with Gasteiger partial charge in [-0.1, -0.05) is 18.2 Å². The van der Waals surface area contributed by atoms with Gasteiger partial charge in [0, 0.05) is 25.4 Å². The number of likely N-dealkylation sites (tertiary alicyclic amines) is 1. The van der Waals surface area contributed by atoms with Gasteiger partial charge in [-0.2, -0.15) is 0 Å². The molecule has 0 spiro atoms. The molecule has 2 aromatic carbocycles. The summed E-state index contributed by atoms with van der Waals surface area (Å²) in [6.07, 6.45) is 1.98. The van der Waals surface area contributed by atoms with Gasteiger partial charge in [-0.3, -0.25) is 19.7 Å². The molecule has 9 nitrogen and oxygen atoms in total. The second-order valence-electron chi connectivity index (χ2n) is 8.19. The molecule has 0 saturated carbocycles. The predicted octanol–water partition coefficient (Wildman–Crippen LogP) is 3.14. The number of carbonyl (C=O) groups excluding carboxylic acids is 2. The first-order chi connectivity index (χ1) is 16.4. The Balaban J connectivity index is 1.38. The molecule has 0 aromatic heterocycles. The Kier molecular flexibility index (Phi) is 8.92. The third-order valence-electron chi connectivity index (χ3n) is 5.94. The Morgan fingerprint density at radius 2 is 1.94 bits per heavy atom. The number of anilines is 1. The minimum atomic E-state index is -0.565. The molecule has 3 rings (SSSR count). The first-order valence-corrected chi connectivity index (χ1v) is 11.2. The van der Waals surface area contributed by atoms with Gasteiger partial charge in [0.15, 0.2) is 0 Å². The third-order valence-corrected chi connectivity index (χ3v) is 5.94. The summed E-state index contributed by atoms with van der Waals surface area (Å²) in [5, 5.41) is 16.7. The molecule has 2 amide bonds. The lowest BCUT2D eigenvalue weighted by Gasteiger charge is -2.31. The molecule has 34 heavy (non-hydrogen) atoms. The number of carbonyl (C=O) groups is 2. The van der Waals surface area contributed by atoms with Gasteiger partial charge in [0.25, 0.3) is 5.69 Å². The largest absolute Gasteiger partial charge is 0.496 e. The minimum Gasteiger partial charge on any atom is -0.496 e. The monoisotopic (exact) mass is 472 g/mol. The van der Waals surface area contributed by atoms with Crippen LogP contribution in [0.4, 0.5) is 15.8 Å². The van der Waals surface area contributed by atoms with Crippen molar-refractivity contribution >= 4 is 23.2 Å². The van der Waals surface area contributed by atoms with Crippen LogP contribution in [-0.2, 0) is 16.0 Å². The number of hydrogen-bond acceptors (Lipinski definition) is 6. The molecule has 0 atom stereocenters. The summed E-state index contributed by atoms with van der Waals surface area (Å²) in [5.41, 5.74) is 0.479. The van der Waals surface area contributed by atoms with Crippen molar-refractivity contribution in [2.24, 2.45) is 5.92 Å². The normalized spacial score (nSPS) is 14.4. The van der Waals surface area contributed by atoms with Gasteiger partial charge in [-0.25, -0.2) is 4.39 Å². The number of nitro groups is 1. The molecule has 0 bridgehead atoms. The number of rotatable bonds is 10. The summed E-state index contributed by atoms with van der Waals surface area (Å²) in [4.78, 5) is 37.6. The van der Waals surface area contributed by atoms with Gasteiger partial charge >= 0.3 is 0 Å². The first kappa shape index (κ1) is 25.1. The van der Waals surface area contributed by atoms with Crippen LogP contribution in [0, 0.1) is 21.8 Å². The number of nitrogens with zero attached hydrogens (tertiary/aromatic N) is 2. The van der Waals surface area contributed by atoms with E-state index < -0.39 is 4.92 Å². The van der Waals surface area contributed by atoms with E-state index in [4.69, 9.17) is 4.74 Å². The number of benzene rings is 2. The van der Waals surface area contributed by atoms with E-state index in [1.165, 1.54) is 25.3 Å². The van der Waals surface area contributed by atoms with Crippen molar-refractivity contribution in [1.82, 2.24) is 10.2 Å². The summed E-state index contributed by atoms with van der Waals surface area (Å²) in [6, 6.07) is 10.8. The molecule has 182 valence electrons. The van der Waals surface area contributed by atoms with Crippen molar-refractivity contribution in [3.63, 3.8) is 0 Å². The van der Waals surface area contributed by atoms with Gasteiger partial charge in [-0.05, 0) is 56.1 Å². The molecule has 1 aliphatic heterocycles. The van der Waals surface area contributed by atoms with Crippen LogP contribution in [-0.4, -0.2) is 54.9 Å². The van der Waals surface area contributed by atoms with E-state index in [0.717, 1.165) is 0 Å². The molecule has 2 aromatic rings. The summed E-state index contributed by atoms with van der Waals surface area (Å²) in [5.74, 6) is -0.381. The standard InChI is InChI=1S/C24H29FN4O5/c1-34-19-6-7-21(22(16-19)29(32)33)27-23(30)11-15-28-13-9-18(10-14-28)24(31)26-12-8-17-4-2-3-5-20(17)25/h2-7,16,18H,8-15H2,1H3,(H,26,31)(H,27,30). The minimum absolute atomic E-state index is 0.0273. The van der Waals surface area contributed by atoms with Crippen molar-refractivity contribution in [1.29, 1.82) is 0 Å². The Morgan fingerprint density at radius 1 is 1.21 bits per heavy atom. The van der Waals surface area contributed by atoms with Gasteiger partial charge in [0.2, 0.25) is 11.8 Å². The fourth-order valence-electron chi connectivity index (χ4n) is 3.95. The first-order valence-electron chi connectivity index (χ1n) is 11.2. The molecule has 10 heteroatoms. The van der Waals surface area contributed by atoms with Crippen molar-refractivity contribution in [3.05, 3.63) is 64.0 Å². The summed E-state index contributed by atoms with van der Waals surface area (Å²) < 4.78 is 18.7. The van der Waals surface area contributed by atoms with Crippen LogP contribution >= 0.6 is 0 Å². The van der Waals surface area contributed by atoms with Gasteiger partial charge in [-0.15, -0.1) is 0 Å². The van der Waals surface area contributed by atoms with Gasteiger partial charge < -0.3 is 20.3 Å². The maximum Gasteiger partial charge on any atom is 0.296 e. The van der Waals surface area contributed by atoms with Crippen LogP contribution in [0.25, 0.3) is 0 Å². The van der Waals surface area contributed by atoms with Crippen molar-refractivity contribution in [2.45, 2.75) is 25.7 Å². The molecule has 0 unspecified atom stereocenters.